The summed E-state index contributed by atoms with van der Waals surface area (Å²) in [6.07, 6.45) is 0.148. The zero-order chi connectivity index (χ0) is 17.7. The summed E-state index contributed by atoms with van der Waals surface area (Å²) in [5.41, 5.74) is 3.93. The van der Waals surface area contributed by atoms with Gasteiger partial charge in [0.1, 0.15) is 5.02 Å². The van der Waals surface area contributed by atoms with E-state index in [1.54, 1.807) is 37.3 Å². The molecule has 0 spiro atoms. The summed E-state index contributed by atoms with van der Waals surface area (Å²) in [5, 5.41) is 15.5. The number of hydrazone groups is 1. The molecule has 8 heteroatoms. The number of nitro groups is 1. The van der Waals surface area contributed by atoms with E-state index in [4.69, 9.17) is 23.2 Å². The molecule has 124 valence electrons. The third kappa shape index (κ3) is 4.78. The molecule has 0 aliphatic carbocycles. The van der Waals surface area contributed by atoms with Gasteiger partial charge in [0.25, 0.3) is 5.69 Å². The van der Waals surface area contributed by atoms with E-state index in [1.807, 2.05) is 0 Å². The SMILES string of the molecule is C/C(=N\NC(=O)Cc1ccc(Cl)cc1)c1ccc(Cl)c([N+](=O)[O-])c1. The third-order valence-corrected chi connectivity index (χ3v) is 3.76. The number of carbonyl (C=O) groups is 1. The number of nitrogens with one attached hydrogen (secondary N) is 1. The summed E-state index contributed by atoms with van der Waals surface area (Å²) in [7, 11) is 0. The van der Waals surface area contributed by atoms with Crippen LogP contribution in [-0.2, 0) is 11.2 Å². The molecule has 0 bridgehead atoms. The van der Waals surface area contributed by atoms with Crippen molar-refractivity contribution in [1.82, 2.24) is 5.43 Å². The number of benzene rings is 2. The maximum absolute atomic E-state index is 11.9. The molecule has 0 unspecified atom stereocenters. The van der Waals surface area contributed by atoms with Crippen molar-refractivity contribution in [1.29, 1.82) is 0 Å². The minimum Gasteiger partial charge on any atom is -0.273 e. The Balaban J connectivity index is 2.05. The Hall–Kier alpha value is -2.44. The van der Waals surface area contributed by atoms with E-state index < -0.39 is 4.92 Å². The van der Waals surface area contributed by atoms with Crippen molar-refractivity contribution < 1.29 is 9.72 Å². The van der Waals surface area contributed by atoms with Gasteiger partial charge in [-0.1, -0.05) is 41.4 Å². The van der Waals surface area contributed by atoms with E-state index in [0.717, 1.165) is 5.56 Å². The first kappa shape index (κ1) is 17.9. The van der Waals surface area contributed by atoms with Crippen LogP contribution in [0, 0.1) is 10.1 Å². The molecule has 2 rings (SSSR count). The Bertz CT molecular complexity index is 805. The summed E-state index contributed by atoms with van der Waals surface area (Å²) in [4.78, 5) is 22.2. The number of hydrogen-bond donors (Lipinski definition) is 1. The van der Waals surface area contributed by atoms with Crippen molar-refractivity contribution in [3.8, 4) is 0 Å². The maximum Gasteiger partial charge on any atom is 0.288 e. The lowest BCUT2D eigenvalue weighted by atomic mass is 10.1. The van der Waals surface area contributed by atoms with E-state index in [0.29, 0.717) is 16.3 Å². The number of nitro benzene ring substituents is 1. The molecule has 0 saturated carbocycles. The number of amides is 1. The molecule has 2 aromatic carbocycles. The molecule has 0 aliphatic rings. The second-order valence-electron chi connectivity index (χ2n) is 4.96. The third-order valence-electron chi connectivity index (χ3n) is 3.19. The predicted octanol–water partition coefficient (Wildman–Crippen LogP) is 3.98. The highest BCUT2D eigenvalue weighted by Gasteiger charge is 2.14. The standard InChI is InChI=1S/C16H13Cl2N3O3/c1-10(12-4-7-14(18)15(9-12)21(23)24)19-20-16(22)8-11-2-5-13(17)6-3-11/h2-7,9H,8H2,1H3,(H,20,22)/b19-10+. The monoisotopic (exact) mass is 365 g/mol. The zero-order valence-electron chi connectivity index (χ0n) is 12.6. The van der Waals surface area contributed by atoms with Crippen LogP contribution < -0.4 is 5.43 Å². The molecule has 0 saturated heterocycles. The van der Waals surface area contributed by atoms with Crippen molar-refractivity contribution in [2.24, 2.45) is 5.10 Å². The van der Waals surface area contributed by atoms with Crippen LogP contribution in [-0.4, -0.2) is 16.5 Å². The van der Waals surface area contributed by atoms with E-state index >= 15 is 0 Å². The topological polar surface area (TPSA) is 84.6 Å². The van der Waals surface area contributed by atoms with Gasteiger partial charge in [-0.2, -0.15) is 5.10 Å². The van der Waals surface area contributed by atoms with Gasteiger partial charge in [-0.15, -0.1) is 0 Å². The van der Waals surface area contributed by atoms with Gasteiger partial charge in [-0.05, 0) is 30.7 Å². The van der Waals surface area contributed by atoms with E-state index in [-0.39, 0.29) is 23.0 Å². The van der Waals surface area contributed by atoms with Crippen LogP contribution in [0.25, 0.3) is 0 Å². The normalized spacial score (nSPS) is 11.2. The Morgan fingerprint density at radius 3 is 2.50 bits per heavy atom. The molecule has 0 fully saturated rings. The summed E-state index contributed by atoms with van der Waals surface area (Å²) in [6, 6.07) is 11.2. The average molecular weight is 366 g/mol. The predicted molar refractivity (Wildman–Crippen MR) is 93.6 cm³/mol. The second kappa shape index (κ2) is 7.90. The summed E-state index contributed by atoms with van der Waals surface area (Å²) in [6.45, 7) is 1.63. The molecule has 6 nitrogen and oxygen atoms in total. The molecule has 0 aliphatic heterocycles. The smallest absolute Gasteiger partial charge is 0.273 e. The van der Waals surface area contributed by atoms with Crippen molar-refractivity contribution >= 4 is 40.5 Å². The maximum atomic E-state index is 11.9. The molecule has 0 radical (unpaired) electrons. The van der Waals surface area contributed by atoms with Crippen LogP contribution in [0.5, 0.6) is 0 Å². The first-order valence-corrected chi connectivity index (χ1v) is 7.64. The first-order chi connectivity index (χ1) is 11.4. The highest BCUT2D eigenvalue weighted by atomic mass is 35.5. The molecule has 24 heavy (non-hydrogen) atoms. The van der Waals surface area contributed by atoms with Gasteiger partial charge in [-0.25, -0.2) is 5.43 Å². The lowest BCUT2D eigenvalue weighted by molar-refractivity contribution is -0.384. The molecule has 0 atom stereocenters. The van der Waals surface area contributed by atoms with Crippen LogP contribution in [0.15, 0.2) is 47.6 Å². The number of rotatable bonds is 5. The lowest BCUT2D eigenvalue weighted by Gasteiger charge is -2.04. The van der Waals surface area contributed by atoms with E-state index in [9.17, 15) is 14.9 Å². The Morgan fingerprint density at radius 1 is 1.21 bits per heavy atom. The van der Waals surface area contributed by atoms with Gasteiger partial charge in [0.15, 0.2) is 0 Å². The molecule has 0 heterocycles. The molecular weight excluding hydrogens is 353 g/mol. The van der Waals surface area contributed by atoms with Gasteiger partial charge >= 0.3 is 0 Å². The van der Waals surface area contributed by atoms with Gasteiger partial charge in [-0.3, -0.25) is 14.9 Å². The first-order valence-electron chi connectivity index (χ1n) is 6.88. The highest BCUT2D eigenvalue weighted by Crippen LogP contribution is 2.25. The summed E-state index contributed by atoms with van der Waals surface area (Å²) < 4.78 is 0. The quantitative estimate of drug-likeness (QED) is 0.493. The largest absolute Gasteiger partial charge is 0.288 e. The minimum absolute atomic E-state index is 0.0447. The van der Waals surface area contributed by atoms with Gasteiger partial charge in [0.2, 0.25) is 5.91 Å². The van der Waals surface area contributed by atoms with E-state index in [2.05, 4.69) is 10.5 Å². The minimum atomic E-state index is -0.571. The Kier molecular flexibility index (Phi) is 5.89. The second-order valence-corrected chi connectivity index (χ2v) is 5.80. The van der Waals surface area contributed by atoms with Gasteiger partial charge < -0.3 is 0 Å². The van der Waals surface area contributed by atoms with Crippen LogP contribution >= 0.6 is 23.2 Å². The van der Waals surface area contributed by atoms with Crippen LogP contribution in [0.3, 0.4) is 0 Å². The fourth-order valence-corrected chi connectivity index (χ4v) is 2.23. The van der Waals surface area contributed by atoms with Crippen LogP contribution in [0.1, 0.15) is 18.1 Å². The fourth-order valence-electron chi connectivity index (χ4n) is 1.92. The summed E-state index contributed by atoms with van der Waals surface area (Å²) in [5.74, 6) is -0.305. The van der Waals surface area contributed by atoms with Gasteiger partial charge in [0.05, 0.1) is 17.1 Å². The Morgan fingerprint density at radius 2 is 1.88 bits per heavy atom. The van der Waals surface area contributed by atoms with Crippen molar-refractivity contribution in [3.05, 3.63) is 73.8 Å². The number of nitrogens with zero attached hydrogens (tertiary/aromatic N) is 2. The van der Waals surface area contributed by atoms with Gasteiger partial charge in [0, 0.05) is 16.7 Å². The summed E-state index contributed by atoms with van der Waals surface area (Å²) >= 11 is 11.5. The van der Waals surface area contributed by atoms with E-state index in [1.165, 1.54) is 12.1 Å². The molecule has 1 amide bonds. The number of halogens is 2. The molecule has 1 N–H and O–H groups in total. The zero-order valence-corrected chi connectivity index (χ0v) is 14.1. The lowest BCUT2D eigenvalue weighted by Crippen LogP contribution is -2.21. The van der Waals surface area contributed by atoms with Crippen molar-refractivity contribution in [2.75, 3.05) is 0 Å². The molecule has 2 aromatic rings. The molecule has 0 aromatic heterocycles. The van der Waals surface area contributed by atoms with Crippen molar-refractivity contribution in [2.45, 2.75) is 13.3 Å². The number of carbonyl (C=O) groups excluding carboxylic acids is 1. The molecular formula is C16H13Cl2N3O3. The Labute approximate surface area is 148 Å². The van der Waals surface area contributed by atoms with Crippen molar-refractivity contribution in [3.63, 3.8) is 0 Å². The van der Waals surface area contributed by atoms with Crippen LogP contribution in [0.4, 0.5) is 5.69 Å². The average Bonchev–Trinajstić information content (AvgIpc) is 2.55. The number of hydrogen-bond acceptors (Lipinski definition) is 4. The highest BCUT2D eigenvalue weighted by molar-refractivity contribution is 6.32. The van der Waals surface area contributed by atoms with Crippen LogP contribution in [0.2, 0.25) is 10.0 Å². The fraction of sp³-hybridized carbons (Fsp3) is 0.125.